The van der Waals surface area contributed by atoms with E-state index in [1.54, 1.807) is 44.4 Å². The molecule has 1 N–H and O–H groups in total. The van der Waals surface area contributed by atoms with E-state index in [2.05, 4.69) is 24.3 Å². The van der Waals surface area contributed by atoms with Crippen molar-refractivity contribution in [3.05, 3.63) is 41.7 Å². The summed E-state index contributed by atoms with van der Waals surface area (Å²) in [5, 5.41) is 6.08. The topological polar surface area (TPSA) is 99.9 Å². The maximum atomic E-state index is 11.8. The van der Waals surface area contributed by atoms with E-state index in [-0.39, 0.29) is 5.82 Å². The van der Waals surface area contributed by atoms with Crippen LogP contribution in [0, 0.1) is 12.8 Å². The molecule has 8 nitrogen and oxygen atoms in total. The largest absolute Gasteiger partial charge is 0.493 e. The first-order valence-corrected chi connectivity index (χ1v) is 8.76. The zero-order valence-corrected chi connectivity index (χ0v) is 16.4. The van der Waals surface area contributed by atoms with E-state index >= 15 is 0 Å². The Labute approximate surface area is 163 Å². The summed E-state index contributed by atoms with van der Waals surface area (Å²) in [6, 6.07) is 6.88. The van der Waals surface area contributed by atoms with E-state index in [1.165, 1.54) is 6.08 Å². The number of methoxy groups -OCH3 is 1. The number of benzene rings is 1. The number of carbonyl (C=O) groups excluding carboxylic acids is 2. The van der Waals surface area contributed by atoms with Crippen molar-refractivity contribution in [2.45, 2.75) is 20.8 Å². The van der Waals surface area contributed by atoms with Crippen LogP contribution in [0.3, 0.4) is 0 Å². The van der Waals surface area contributed by atoms with Crippen molar-refractivity contribution in [2.24, 2.45) is 5.92 Å². The average molecular weight is 388 g/mol. The van der Waals surface area contributed by atoms with Gasteiger partial charge in [0, 0.05) is 12.1 Å². The number of nitrogens with one attached hydrogen (secondary N) is 1. The van der Waals surface area contributed by atoms with Gasteiger partial charge in [0.15, 0.2) is 23.9 Å². The van der Waals surface area contributed by atoms with Gasteiger partial charge in [0.05, 0.1) is 13.7 Å². The molecule has 2 aromatic rings. The molecule has 1 aromatic heterocycles. The molecule has 0 atom stereocenters. The third kappa shape index (κ3) is 6.79. The minimum absolute atomic E-state index is 0.265. The Morgan fingerprint density at radius 1 is 1.25 bits per heavy atom. The Bertz CT molecular complexity index is 841. The van der Waals surface area contributed by atoms with Crippen molar-refractivity contribution in [1.29, 1.82) is 0 Å². The predicted molar refractivity (Wildman–Crippen MR) is 103 cm³/mol. The maximum Gasteiger partial charge on any atom is 0.331 e. The molecule has 0 spiro atoms. The van der Waals surface area contributed by atoms with Gasteiger partial charge in [-0.3, -0.25) is 4.79 Å². The number of aryl methyl sites for hydroxylation is 1. The Kier molecular flexibility index (Phi) is 7.62. The second-order valence-electron chi connectivity index (χ2n) is 6.43. The maximum absolute atomic E-state index is 11.8. The quantitative estimate of drug-likeness (QED) is 0.520. The number of ether oxygens (including phenoxy) is 3. The number of nitrogens with zero attached hydrogens (tertiary/aromatic N) is 1. The lowest BCUT2D eigenvalue weighted by Crippen LogP contribution is -2.20. The van der Waals surface area contributed by atoms with Gasteiger partial charge in [-0.1, -0.05) is 25.1 Å². The summed E-state index contributed by atoms with van der Waals surface area (Å²) in [6.45, 7) is 5.96. The number of anilines is 1. The van der Waals surface area contributed by atoms with Gasteiger partial charge in [-0.25, -0.2) is 4.79 Å². The molecule has 1 heterocycles. The Balaban J connectivity index is 1.86. The van der Waals surface area contributed by atoms with E-state index in [0.717, 1.165) is 5.56 Å². The number of aromatic nitrogens is 1. The molecular weight excluding hydrogens is 364 g/mol. The highest BCUT2D eigenvalue weighted by molar-refractivity contribution is 5.94. The van der Waals surface area contributed by atoms with Crippen molar-refractivity contribution < 1.29 is 28.3 Å². The van der Waals surface area contributed by atoms with E-state index < -0.39 is 18.5 Å². The zero-order valence-electron chi connectivity index (χ0n) is 16.4. The lowest BCUT2D eigenvalue weighted by molar-refractivity contribution is -0.142. The molecule has 0 aliphatic heterocycles. The highest BCUT2D eigenvalue weighted by Gasteiger charge is 2.09. The van der Waals surface area contributed by atoms with Crippen molar-refractivity contribution in [3.63, 3.8) is 0 Å². The molecule has 0 saturated heterocycles. The number of hydrogen-bond donors (Lipinski definition) is 1. The smallest absolute Gasteiger partial charge is 0.331 e. The first-order chi connectivity index (χ1) is 13.4. The molecule has 8 heteroatoms. The molecular formula is C20H24N2O6. The van der Waals surface area contributed by atoms with Crippen LogP contribution < -0.4 is 14.8 Å². The summed E-state index contributed by atoms with van der Waals surface area (Å²) in [7, 11) is 1.55. The highest BCUT2D eigenvalue weighted by Crippen LogP contribution is 2.29. The summed E-state index contributed by atoms with van der Waals surface area (Å²) in [5.74, 6) is 1.26. The molecule has 28 heavy (non-hydrogen) atoms. The fourth-order valence-electron chi connectivity index (χ4n) is 2.12. The van der Waals surface area contributed by atoms with E-state index in [0.29, 0.717) is 29.8 Å². The minimum atomic E-state index is -0.648. The van der Waals surface area contributed by atoms with Gasteiger partial charge in [0.2, 0.25) is 0 Å². The van der Waals surface area contributed by atoms with Crippen LogP contribution in [0.4, 0.5) is 5.82 Å². The molecule has 0 radical (unpaired) electrons. The third-order valence-corrected chi connectivity index (χ3v) is 3.41. The zero-order chi connectivity index (χ0) is 20.5. The van der Waals surface area contributed by atoms with Crippen LogP contribution in [0.25, 0.3) is 6.08 Å². The van der Waals surface area contributed by atoms with Crippen molar-refractivity contribution >= 4 is 23.8 Å². The third-order valence-electron chi connectivity index (χ3n) is 3.41. The van der Waals surface area contributed by atoms with Gasteiger partial charge in [-0.05, 0) is 36.6 Å². The van der Waals surface area contributed by atoms with Crippen LogP contribution in [0.5, 0.6) is 11.5 Å². The second kappa shape index (κ2) is 10.1. The Morgan fingerprint density at radius 3 is 2.68 bits per heavy atom. The summed E-state index contributed by atoms with van der Waals surface area (Å²) in [4.78, 5) is 23.5. The molecule has 0 unspecified atom stereocenters. The summed E-state index contributed by atoms with van der Waals surface area (Å²) < 4.78 is 20.7. The molecule has 0 aliphatic carbocycles. The van der Waals surface area contributed by atoms with Gasteiger partial charge in [0.1, 0.15) is 5.76 Å². The van der Waals surface area contributed by atoms with Crippen molar-refractivity contribution in [3.8, 4) is 11.5 Å². The number of esters is 1. The lowest BCUT2D eigenvalue weighted by atomic mass is 10.2. The van der Waals surface area contributed by atoms with Gasteiger partial charge in [-0.2, -0.15) is 0 Å². The average Bonchev–Trinajstić information content (AvgIpc) is 3.07. The molecule has 0 fully saturated rings. The first-order valence-electron chi connectivity index (χ1n) is 8.76. The summed E-state index contributed by atoms with van der Waals surface area (Å²) in [5.41, 5.74) is 0.730. The predicted octanol–water partition coefficient (Wildman–Crippen LogP) is 3.22. The Morgan fingerprint density at radius 2 is 2.04 bits per heavy atom. The van der Waals surface area contributed by atoms with Gasteiger partial charge in [0.25, 0.3) is 5.91 Å². The van der Waals surface area contributed by atoms with Gasteiger partial charge >= 0.3 is 5.97 Å². The summed E-state index contributed by atoms with van der Waals surface area (Å²) >= 11 is 0. The first kappa shape index (κ1) is 21.0. The van der Waals surface area contributed by atoms with E-state index in [9.17, 15) is 9.59 Å². The number of hydrogen-bond acceptors (Lipinski definition) is 7. The summed E-state index contributed by atoms with van der Waals surface area (Å²) in [6.07, 6.45) is 2.80. The minimum Gasteiger partial charge on any atom is -0.493 e. The van der Waals surface area contributed by atoms with Crippen molar-refractivity contribution in [2.75, 3.05) is 25.6 Å². The van der Waals surface area contributed by atoms with Crippen LogP contribution in [0.2, 0.25) is 0 Å². The monoisotopic (exact) mass is 388 g/mol. The van der Waals surface area contributed by atoms with Crippen LogP contribution in [0.15, 0.2) is 34.9 Å². The van der Waals surface area contributed by atoms with E-state index in [4.69, 9.17) is 18.7 Å². The van der Waals surface area contributed by atoms with Crippen LogP contribution in [-0.2, 0) is 14.3 Å². The normalized spacial score (nSPS) is 10.9. The standard InChI is InChI=1S/C20H24N2O6/c1-13(2)11-26-16-7-5-15(10-17(16)25-4)6-8-20(24)27-12-19(23)21-18-9-14(3)28-22-18/h5-10,13H,11-12H2,1-4H3,(H,21,22,23)/b8-6+. The van der Waals surface area contributed by atoms with Crippen LogP contribution in [-0.4, -0.2) is 37.4 Å². The number of carbonyl (C=O) groups is 2. The molecule has 150 valence electrons. The molecule has 0 aliphatic rings. The van der Waals surface area contributed by atoms with Gasteiger partial charge in [-0.15, -0.1) is 0 Å². The fraction of sp³-hybridized carbons (Fsp3) is 0.350. The van der Waals surface area contributed by atoms with Crippen LogP contribution >= 0.6 is 0 Å². The number of amides is 1. The molecule has 0 saturated carbocycles. The molecule has 1 amide bonds. The molecule has 0 bridgehead atoms. The SMILES string of the molecule is COc1cc(/C=C/C(=O)OCC(=O)Nc2cc(C)on2)ccc1OCC(C)C. The van der Waals surface area contributed by atoms with Crippen molar-refractivity contribution in [1.82, 2.24) is 5.16 Å². The fourth-order valence-corrected chi connectivity index (χ4v) is 2.12. The lowest BCUT2D eigenvalue weighted by Gasteiger charge is -2.12. The Hall–Kier alpha value is -3.29. The van der Waals surface area contributed by atoms with Crippen LogP contribution in [0.1, 0.15) is 25.2 Å². The highest BCUT2D eigenvalue weighted by atomic mass is 16.5. The number of rotatable bonds is 9. The molecule has 1 aromatic carbocycles. The van der Waals surface area contributed by atoms with E-state index in [1.807, 2.05) is 0 Å². The van der Waals surface area contributed by atoms with Gasteiger partial charge < -0.3 is 24.1 Å². The molecule has 2 rings (SSSR count). The second-order valence-corrected chi connectivity index (χ2v) is 6.43.